The van der Waals surface area contributed by atoms with Crippen LogP contribution in [-0.4, -0.2) is 40.1 Å². The van der Waals surface area contributed by atoms with Gasteiger partial charge in [0.05, 0.1) is 21.8 Å². The van der Waals surface area contributed by atoms with Crippen molar-refractivity contribution in [2.75, 3.05) is 13.1 Å². The van der Waals surface area contributed by atoms with Crippen LogP contribution in [0.3, 0.4) is 0 Å². The van der Waals surface area contributed by atoms with Gasteiger partial charge in [-0.1, -0.05) is 11.6 Å². The number of nitrogens with zero attached hydrogens (tertiary/aromatic N) is 2. The van der Waals surface area contributed by atoms with Crippen molar-refractivity contribution < 1.29 is 9.53 Å². The SMILES string of the molecule is CC1(C)CN(C(=O)c2ccncc2Cl)CC(C)(C)O1. The van der Waals surface area contributed by atoms with Crippen molar-refractivity contribution in [3.05, 3.63) is 29.0 Å². The van der Waals surface area contributed by atoms with Crippen molar-refractivity contribution in [1.29, 1.82) is 0 Å². The van der Waals surface area contributed by atoms with Gasteiger partial charge >= 0.3 is 0 Å². The molecular weight excluding hydrogens is 264 g/mol. The maximum atomic E-state index is 12.6. The number of carbonyl (C=O) groups is 1. The molecule has 1 saturated heterocycles. The molecule has 1 fully saturated rings. The van der Waals surface area contributed by atoms with Crippen LogP contribution < -0.4 is 0 Å². The molecule has 5 heteroatoms. The third kappa shape index (κ3) is 3.25. The van der Waals surface area contributed by atoms with Crippen molar-refractivity contribution in [3.8, 4) is 0 Å². The number of hydrogen-bond acceptors (Lipinski definition) is 3. The maximum Gasteiger partial charge on any atom is 0.255 e. The molecule has 0 unspecified atom stereocenters. The van der Waals surface area contributed by atoms with Crippen LogP contribution in [0.25, 0.3) is 0 Å². The van der Waals surface area contributed by atoms with Gasteiger partial charge in [0.15, 0.2) is 0 Å². The summed E-state index contributed by atoms with van der Waals surface area (Å²) in [6, 6.07) is 1.65. The van der Waals surface area contributed by atoms with Crippen LogP contribution >= 0.6 is 11.6 Å². The van der Waals surface area contributed by atoms with E-state index in [2.05, 4.69) is 4.98 Å². The minimum Gasteiger partial charge on any atom is -0.366 e. The van der Waals surface area contributed by atoms with Crippen molar-refractivity contribution in [2.45, 2.75) is 38.9 Å². The van der Waals surface area contributed by atoms with Gasteiger partial charge in [-0.25, -0.2) is 0 Å². The molecule has 0 N–H and O–H groups in total. The number of aromatic nitrogens is 1. The predicted octanol–water partition coefficient (Wildman–Crippen LogP) is 2.76. The van der Waals surface area contributed by atoms with E-state index < -0.39 is 0 Å². The van der Waals surface area contributed by atoms with E-state index in [1.807, 2.05) is 27.7 Å². The summed E-state index contributed by atoms with van der Waals surface area (Å²) in [6.07, 6.45) is 3.07. The Balaban J connectivity index is 2.27. The summed E-state index contributed by atoms with van der Waals surface area (Å²) in [5, 5.41) is 0.384. The Hall–Kier alpha value is -1.13. The van der Waals surface area contributed by atoms with E-state index in [1.54, 1.807) is 17.2 Å². The van der Waals surface area contributed by atoms with Crippen LogP contribution in [0.5, 0.6) is 0 Å². The number of hydrogen-bond donors (Lipinski definition) is 0. The molecule has 1 aliphatic heterocycles. The fraction of sp³-hybridized carbons (Fsp3) is 0.571. The molecule has 1 aromatic rings. The summed E-state index contributed by atoms with van der Waals surface area (Å²) in [4.78, 5) is 18.3. The van der Waals surface area contributed by atoms with E-state index in [4.69, 9.17) is 16.3 Å². The molecule has 2 heterocycles. The zero-order valence-electron chi connectivity index (χ0n) is 11.7. The van der Waals surface area contributed by atoms with Gasteiger partial charge in [-0.15, -0.1) is 0 Å². The molecule has 1 aromatic heterocycles. The third-order valence-corrected chi connectivity index (χ3v) is 3.29. The summed E-state index contributed by atoms with van der Waals surface area (Å²) in [7, 11) is 0. The third-order valence-electron chi connectivity index (χ3n) is 2.99. The summed E-state index contributed by atoms with van der Waals surface area (Å²) in [5.74, 6) is -0.0724. The van der Waals surface area contributed by atoms with Crippen LogP contribution in [-0.2, 0) is 4.74 Å². The molecule has 104 valence electrons. The lowest BCUT2D eigenvalue weighted by atomic mass is 9.98. The number of morpholine rings is 1. The normalized spacial score (nSPS) is 21.2. The summed E-state index contributed by atoms with van der Waals surface area (Å²) in [6.45, 7) is 9.05. The molecular formula is C14H19ClN2O2. The second-order valence-corrected chi connectivity index (χ2v) is 6.55. The highest BCUT2D eigenvalue weighted by Crippen LogP contribution is 2.29. The van der Waals surface area contributed by atoms with E-state index >= 15 is 0 Å². The quantitative estimate of drug-likeness (QED) is 0.795. The van der Waals surface area contributed by atoms with E-state index in [1.165, 1.54) is 6.20 Å². The van der Waals surface area contributed by atoms with Gasteiger partial charge in [0, 0.05) is 25.5 Å². The minimum absolute atomic E-state index is 0.0724. The highest BCUT2D eigenvalue weighted by molar-refractivity contribution is 6.33. The molecule has 0 bridgehead atoms. The molecule has 0 aliphatic carbocycles. The van der Waals surface area contributed by atoms with E-state index in [9.17, 15) is 4.79 Å². The Kier molecular flexibility index (Phi) is 3.58. The van der Waals surface area contributed by atoms with Gasteiger partial charge in [-0.3, -0.25) is 9.78 Å². The van der Waals surface area contributed by atoms with Crippen molar-refractivity contribution in [1.82, 2.24) is 9.88 Å². The Morgan fingerprint density at radius 1 is 1.32 bits per heavy atom. The standard InChI is InChI=1S/C14H19ClN2O2/c1-13(2)8-17(9-14(3,4)19-13)12(18)10-5-6-16-7-11(10)15/h5-7H,8-9H2,1-4H3. The first-order valence-electron chi connectivity index (χ1n) is 6.29. The average molecular weight is 283 g/mol. The highest BCUT2D eigenvalue weighted by Gasteiger charge is 2.40. The topological polar surface area (TPSA) is 42.4 Å². The lowest BCUT2D eigenvalue weighted by molar-refractivity contribution is -0.171. The van der Waals surface area contributed by atoms with Gasteiger partial charge in [0.1, 0.15) is 0 Å². The first kappa shape index (κ1) is 14.3. The van der Waals surface area contributed by atoms with Crippen LogP contribution in [0, 0.1) is 0 Å². The van der Waals surface area contributed by atoms with Gasteiger partial charge in [0.2, 0.25) is 0 Å². The Bertz CT molecular complexity index is 484. The number of amides is 1. The van der Waals surface area contributed by atoms with Gasteiger partial charge < -0.3 is 9.64 Å². The largest absolute Gasteiger partial charge is 0.366 e. The highest BCUT2D eigenvalue weighted by atomic mass is 35.5. The minimum atomic E-state index is -0.364. The second kappa shape index (κ2) is 4.76. The molecule has 0 saturated carbocycles. The number of ether oxygens (including phenoxy) is 1. The van der Waals surface area contributed by atoms with Gasteiger partial charge in [0.25, 0.3) is 5.91 Å². The fourth-order valence-electron chi connectivity index (χ4n) is 2.65. The number of rotatable bonds is 1. The molecule has 1 amide bonds. The molecule has 0 atom stereocenters. The van der Waals surface area contributed by atoms with E-state index in [-0.39, 0.29) is 17.1 Å². The molecule has 19 heavy (non-hydrogen) atoms. The second-order valence-electron chi connectivity index (χ2n) is 6.14. The molecule has 4 nitrogen and oxygen atoms in total. The van der Waals surface area contributed by atoms with Crippen LogP contribution in [0.4, 0.5) is 0 Å². The van der Waals surface area contributed by atoms with E-state index in [0.717, 1.165) is 0 Å². The smallest absolute Gasteiger partial charge is 0.255 e. The lowest BCUT2D eigenvalue weighted by Gasteiger charge is -2.47. The first-order valence-corrected chi connectivity index (χ1v) is 6.67. The van der Waals surface area contributed by atoms with Crippen molar-refractivity contribution in [2.24, 2.45) is 0 Å². The average Bonchev–Trinajstić information content (AvgIpc) is 2.24. The van der Waals surface area contributed by atoms with Gasteiger partial charge in [-0.05, 0) is 33.8 Å². The molecule has 0 spiro atoms. The summed E-state index contributed by atoms with van der Waals surface area (Å²) < 4.78 is 5.97. The monoisotopic (exact) mass is 282 g/mol. The maximum absolute atomic E-state index is 12.6. The fourth-order valence-corrected chi connectivity index (χ4v) is 2.85. The van der Waals surface area contributed by atoms with Crippen LogP contribution in [0.2, 0.25) is 5.02 Å². The zero-order valence-corrected chi connectivity index (χ0v) is 12.5. The Labute approximate surface area is 118 Å². The number of carbonyl (C=O) groups excluding carboxylic acids is 1. The summed E-state index contributed by atoms with van der Waals surface area (Å²) >= 11 is 6.04. The molecule has 0 radical (unpaired) electrons. The number of halogens is 1. The van der Waals surface area contributed by atoms with E-state index in [0.29, 0.717) is 23.7 Å². The Morgan fingerprint density at radius 2 is 1.89 bits per heavy atom. The van der Waals surface area contributed by atoms with Gasteiger partial charge in [-0.2, -0.15) is 0 Å². The first-order chi connectivity index (χ1) is 8.70. The molecule has 0 aromatic carbocycles. The molecule has 1 aliphatic rings. The van der Waals surface area contributed by atoms with Crippen molar-refractivity contribution >= 4 is 17.5 Å². The lowest BCUT2D eigenvalue weighted by Crippen LogP contribution is -2.58. The zero-order chi connectivity index (χ0) is 14.3. The van der Waals surface area contributed by atoms with Crippen molar-refractivity contribution in [3.63, 3.8) is 0 Å². The predicted molar refractivity (Wildman–Crippen MR) is 74.4 cm³/mol. The number of pyridine rings is 1. The van der Waals surface area contributed by atoms with Crippen LogP contribution in [0.15, 0.2) is 18.5 Å². The summed E-state index contributed by atoms with van der Waals surface area (Å²) in [5.41, 5.74) is -0.237. The van der Waals surface area contributed by atoms with Crippen LogP contribution in [0.1, 0.15) is 38.1 Å². The molecule has 2 rings (SSSR count). The Morgan fingerprint density at radius 3 is 2.42 bits per heavy atom.